The first-order valence-electron chi connectivity index (χ1n) is 5.25. The summed E-state index contributed by atoms with van der Waals surface area (Å²) in [7, 11) is -2.11. The summed E-state index contributed by atoms with van der Waals surface area (Å²) in [6.45, 7) is 1.82. The summed E-state index contributed by atoms with van der Waals surface area (Å²) >= 11 is 0. The number of hydrogen-bond acceptors (Lipinski definition) is 4. The van der Waals surface area contributed by atoms with E-state index in [0.29, 0.717) is 11.1 Å². The van der Waals surface area contributed by atoms with Gasteiger partial charge in [-0.15, -0.1) is 0 Å². The van der Waals surface area contributed by atoms with E-state index in [0.717, 1.165) is 17.2 Å². The van der Waals surface area contributed by atoms with Gasteiger partial charge in [0.25, 0.3) is 0 Å². The minimum Gasteiger partial charge on any atom is -0.465 e. The predicted molar refractivity (Wildman–Crippen MR) is 68.3 cm³/mol. The van der Waals surface area contributed by atoms with Crippen LogP contribution in [-0.2, 0) is 14.8 Å². The Morgan fingerprint density at radius 3 is 2.56 bits per heavy atom. The molecule has 0 unspecified atom stereocenters. The highest BCUT2D eigenvalue weighted by atomic mass is 32.2. The Kier molecular flexibility index (Phi) is 2.90. The predicted octanol–water partition coefficient (Wildman–Crippen LogP) is 1.54. The first kappa shape index (κ1) is 12.6. The maximum atomic E-state index is 11.7. The van der Waals surface area contributed by atoms with Crippen molar-refractivity contribution in [1.29, 1.82) is 0 Å². The molecule has 0 radical (unpaired) electrons. The fourth-order valence-corrected chi connectivity index (χ4v) is 2.74. The molecule has 5 nitrogen and oxygen atoms in total. The van der Waals surface area contributed by atoms with Crippen LogP contribution in [0.25, 0.3) is 10.9 Å². The molecule has 0 aliphatic rings. The first-order valence-corrected chi connectivity index (χ1v) is 7.10. The Hall–Kier alpha value is -1.82. The normalized spacial score (nSPS) is 11.7. The Morgan fingerprint density at radius 2 is 2.00 bits per heavy atom. The number of rotatable bonds is 2. The highest BCUT2D eigenvalue weighted by molar-refractivity contribution is 7.89. The van der Waals surface area contributed by atoms with Crippen LogP contribution in [0, 0.1) is 6.92 Å². The molecule has 0 aliphatic heterocycles. The zero-order valence-electron chi connectivity index (χ0n) is 10.3. The quantitative estimate of drug-likeness (QED) is 0.774. The van der Waals surface area contributed by atoms with Crippen molar-refractivity contribution < 1.29 is 17.9 Å². The molecule has 0 N–H and O–H groups in total. The van der Waals surface area contributed by atoms with Crippen LogP contribution >= 0.6 is 0 Å². The lowest BCUT2D eigenvalue weighted by molar-refractivity contribution is 0.0601. The van der Waals surface area contributed by atoms with Crippen LogP contribution < -0.4 is 0 Å². The lowest BCUT2D eigenvalue weighted by atomic mass is 10.1. The number of carbonyl (C=O) groups is 1. The van der Waals surface area contributed by atoms with Gasteiger partial charge in [-0.3, -0.25) is 0 Å². The Morgan fingerprint density at radius 1 is 1.33 bits per heavy atom. The zero-order chi connectivity index (χ0) is 13.5. The molecule has 0 atom stereocenters. The SMILES string of the molecule is COC(=O)c1ccc2c(C)cn(S(C)(=O)=O)c2c1. The fraction of sp³-hybridized carbons (Fsp3) is 0.250. The number of carbonyl (C=O) groups excluding carboxylic acids is 1. The average molecular weight is 267 g/mol. The minimum atomic E-state index is -3.39. The van der Waals surface area contributed by atoms with E-state index in [-0.39, 0.29) is 0 Å². The van der Waals surface area contributed by atoms with Gasteiger partial charge in [0, 0.05) is 11.6 Å². The third-order valence-electron chi connectivity index (χ3n) is 2.75. The van der Waals surface area contributed by atoms with Gasteiger partial charge in [0.05, 0.1) is 24.4 Å². The molecule has 0 amide bonds. The third kappa shape index (κ3) is 1.99. The summed E-state index contributed by atoms with van der Waals surface area (Å²) in [5.74, 6) is -0.490. The average Bonchev–Trinajstić information content (AvgIpc) is 2.65. The zero-order valence-corrected chi connectivity index (χ0v) is 11.1. The van der Waals surface area contributed by atoms with E-state index in [9.17, 15) is 13.2 Å². The molecule has 2 rings (SSSR count). The van der Waals surface area contributed by atoms with Crippen molar-refractivity contribution in [3.05, 3.63) is 35.5 Å². The summed E-state index contributed by atoms with van der Waals surface area (Å²) in [5.41, 5.74) is 1.65. The van der Waals surface area contributed by atoms with Crippen molar-refractivity contribution in [2.24, 2.45) is 0 Å². The topological polar surface area (TPSA) is 65.4 Å². The van der Waals surface area contributed by atoms with Crippen LogP contribution in [-0.4, -0.2) is 31.7 Å². The second kappa shape index (κ2) is 4.13. The van der Waals surface area contributed by atoms with E-state index in [1.54, 1.807) is 18.3 Å². The molecule has 1 aromatic carbocycles. The van der Waals surface area contributed by atoms with Gasteiger partial charge in [0.1, 0.15) is 0 Å². The third-order valence-corrected chi connectivity index (χ3v) is 3.77. The number of aromatic nitrogens is 1. The van der Waals surface area contributed by atoms with E-state index >= 15 is 0 Å². The van der Waals surface area contributed by atoms with Crippen LogP contribution in [0.15, 0.2) is 24.4 Å². The number of nitrogens with zero attached hydrogens (tertiary/aromatic N) is 1. The number of aryl methyl sites for hydroxylation is 1. The molecule has 0 saturated heterocycles. The molecule has 2 aromatic rings. The van der Waals surface area contributed by atoms with Gasteiger partial charge in [-0.25, -0.2) is 17.2 Å². The Balaban J connectivity index is 2.79. The molecule has 18 heavy (non-hydrogen) atoms. The lowest BCUT2D eigenvalue weighted by Crippen LogP contribution is -2.09. The Labute approximate surface area is 105 Å². The van der Waals surface area contributed by atoms with Crippen LogP contribution in [0.3, 0.4) is 0 Å². The number of fused-ring (bicyclic) bond motifs is 1. The van der Waals surface area contributed by atoms with Gasteiger partial charge in [0.15, 0.2) is 0 Å². The Bertz CT molecular complexity index is 728. The molecule has 96 valence electrons. The number of esters is 1. The molecule has 0 spiro atoms. The monoisotopic (exact) mass is 267 g/mol. The molecule has 6 heteroatoms. The van der Waals surface area contributed by atoms with Gasteiger partial charge < -0.3 is 4.74 Å². The molecule has 1 aromatic heterocycles. The largest absolute Gasteiger partial charge is 0.465 e. The highest BCUT2D eigenvalue weighted by Gasteiger charge is 2.15. The van der Waals surface area contributed by atoms with Crippen molar-refractivity contribution in [2.75, 3.05) is 13.4 Å². The van der Waals surface area contributed by atoms with Crippen LogP contribution in [0.2, 0.25) is 0 Å². The first-order chi connectivity index (χ1) is 8.34. The summed E-state index contributed by atoms with van der Waals surface area (Å²) in [6, 6.07) is 4.86. The van der Waals surface area contributed by atoms with Gasteiger partial charge in [0.2, 0.25) is 10.0 Å². The smallest absolute Gasteiger partial charge is 0.337 e. The number of benzene rings is 1. The van der Waals surface area contributed by atoms with Crippen molar-refractivity contribution >= 4 is 26.9 Å². The van der Waals surface area contributed by atoms with Crippen LogP contribution in [0.4, 0.5) is 0 Å². The number of ether oxygens (including phenoxy) is 1. The van der Waals surface area contributed by atoms with Gasteiger partial charge >= 0.3 is 5.97 Å². The molecule has 1 heterocycles. The molecule has 0 bridgehead atoms. The van der Waals surface area contributed by atoms with Gasteiger partial charge in [-0.2, -0.15) is 0 Å². The van der Waals surface area contributed by atoms with Crippen molar-refractivity contribution in [3.63, 3.8) is 0 Å². The fourth-order valence-electron chi connectivity index (χ4n) is 1.88. The minimum absolute atomic E-state index is 0.327. The van der Waals surface area contributed by atoms with Crippen molar-refractivity contribution in [2.45, 2.75) is 6.92 Å². The van der Waals surface area contributed by atoms with Crippen molar-refractivity contribution in [3.8, 4) is 0 Å². The summed E-state index contributed by atoms with van der Waals surface area (Å²) in [4.78, 5) is 11.4. The molecular formula is C12H13NO4S. The van der Waals surface area contributed by atoms with Crippen molar-refractivity contribution in [1.82, 2.24) is 3.97 Å². The van der Waals surface area contributed by atoms with Crippen LogP contribution in [0.1, 0.15) is 15.9 Å². The molecule has 0 aliphatic carbocycles. The van der Waals surface area contributed by atoms with E-state index in [2.05, 4.69) is 4.74 Å². The number of hydrogen-bond donors (Lipinski definition) is 0. The maximum Gasteiger partial charge on any atom is 0.337 e. The number of methoxy groups -OCH3 is 1. The van der Waals surface area contributed by atoms with Crippen LogP contribution in [0.5, 0.6) is 0 Å². The van der Waals surface area contributed by atoms with E-state index in [1.165, 1.54) is 17.1 Å². The second-order valence-corrected chi connectivity index (χ2v) is 5.95. The molecule has 0 saturated carbocycles. The van der Waals surface area contributed by atoms with E-state index in [1.807, 2.05) is 6.92 Å². The molecule has 0 fully saturated rings. The maximum absolute atomic E-state index is 11.7. The highest BCUT2D eigenvalue weighted by Crippen LogP contribution is 2.23. The van der Waals surface area contributed by atoms with Gasteiger partial charge in [-0.05, 0) is 24.6 Å². The summed E-state index contributed by atoms with van der Waals surface area (Å²) < 4.78 is 29.1. The van der Waals surface area contributed by atoms with E-state index < -0.39 is 16.0 Å². The second-order valence-electron chi connectivity index (χ2n) is 4.09. The lowest BCUT2D eigenvalue weighted by Gasteiger charge is -2.03. The molecular weight excluding hydrogens is 254 g/mol. The van der Waals surface area contributed by atoms with Gasteiger partial charge in [-0.1, -0.05) is 6.07 Å². The standard InChI is InChI=1S/C12H13NO4S/c1-8-7-13(18(3,15)16)11-6-9(12(14)17-2)4-5-10(8)11/h4-7H,1-3H3. The summed E-state index contributed by atoms with van der Waals surface area (Å²) in [5, 5.41) is 0.799. The van der Waals surface area contributed by atoms with E-state index in [4.69, 9.17) is 0 Å². The summed E-state index contributed by atoms with van der Waals surface area (Å²) in [6.07, 6.45) is 2.66.